The third-order valence-electron chi connectivity index (χ3n) is 4.93. The summed E-state index contributed by atoms with van der Waals surface area (Å²) in [4.78, 5) is 25.7. The summed E-state index contributed by atoms with van der Waals surface area (Å²) in [6.07, 6.45) is 5.63. The van der Waals surface area contributed by atoms with Crippen molar-refractivity contribution in [3.8, 4) is 5.75 Å². The van der Waals surface area contributed by atoms with Crippen molar-refractivity contribution in [3.05, 3.63) is 48.4 Å². The van der Waals surface area contributed by atoms with Gasteiger partial charge in [-0.05, 0) is 44.0 Å². The van der Waals surface area contributed by atoms with Gasteiger partial charge in [-0.1, -0.05) is 31.4 Å². The number of nitrogens with one attached hydrogen (secondary N) is 3. The molecule has 3 N–H and O–H groups in total. The van der Waals surface area contributed by atoms with Crippen LogP contribution in [-0.2, 0) is 11.3 Å². The Labute approximate surface area is 164 Å². The van der Waals surface area contributed by atoms with E-state index in [0.29, 0.717) is 43.2 Å². The number of hydrogen-bond donors (Lipinski definition) is 3. The normalized spacial score (nSPS) is 15.5. The van der Waals surface area contributed by atoms with E-state index in [0.717, 1.165) is 19.3 Å². The number of rotatable bonds is 7. The maximum atomic E-state index is 13.0. The lowest BCUT2D eigenvalue weighted by Gasteiger charge is -2.36. The molecule has 0 radical (unpaired) electrons. The van der Waals surface area contributed by atoms with Gasteiger partial charge in [0.2, 0.25) is 5.91 Å². The number of carbonyl (C=O) groups excluding carboxylic acids is 2. The minimum atomic E-state index is -0.921. The highest BCUT2D eigenvalue weighted by molar-refractivity contribution is 5.96. The van der Waals surface area contributed by atoms with Crippen molar-refractivity contribution < 1.29 is 18.7 Å². The highest BCUT2D eigenvalue weighted by atomic mass is 16.5. The van der Waals surface area contributed by atoms with Crippen LogP contribution in [0.1, 0.15) is 44.8 Å². The lowest BCUT2D eigenvalue weighted by Crippen LogP contribution is -2.60. The summed E-state index contributed by atoms with van der Waals surface area (Å²) in [5, 5.41) is 8.65. The van der Waals surface area contributed by atoms with Crippen molar-refractivity contribution >= 4 is 17.6 Å². The Morgan fingerprint density at radius 2 is 1.89 bits per heavy atom. The van der Waals surface area contributed by atoms with Crippen LogP contribution < -0.4 is 20.7 Å². The van der Waals surface area contributed by atoms with E-state index in [-0.39, 0.29) is 5.91 Å². The molecule has 0 unspecified atom stereocenters. The minimum absolute atomic E-state index is 0.183. The summed E-state index contributed by atoms with van der Waals surface area (Å²) in [6, 6.07) is 10.4. The number of ether oxygens (including phenoxy) is 1. The first-order chi connectivity index (χ1) is 13.6. The average molecular weight is 385 g/mol. The maximum Gasteiger partial charge on any atom is 0.320 e. The Morgan fingerprint density at radius 3 is 2.61 bits per heavy atom. The van der Waals surface area contributed by atoms with Gasteiger partial charge < -0.3 is 25.1 Å². The van der Waals surface area contributed by atoms with Crippen molar-refractivity contribution in [1.82, 2.24) is 10.6 Å². The standard InChI is InChI=1S/C21H27N3O4/c1-2-27-18-11-5-4-10-17(18)23-20(26)24-21(12-6-3-7-13-21)19(25)22-15-16-9-8-14-28-16/h4-5,8-11,14H,2-3,6-7,12-13,15H2,1H3,(H,22,25)(H2,23,24,26). The largest absolute Gasteiger partial charge is 0.492 e. The van der Waals surface area contributed by atoms with Gasteiger partial charge >= 0.3 is 6.03 Å². The number of hydrogen-bond acceptors (Lipinski definition) is 4. The van der Waals surface area contributed by atoms with E-state index in [1.54, 1.807) is 30.5 Å². The van der Waals surface area contributed by atoms with Gasteiger partial charge in [-0.25, -0.2) is 4.79 Å². The van der Waals surface area contributed by atoms with Crippen LogP contribution in [-0.4, -0.2) is 24.1 Å². The van der Waals surface area contributed by atoms with Crippen molar-refractivity contribution in [2.24, 2.45) is 0 Å². The van der Waals surface area contributed by atoms with Gasteiger partial charge in [-0.15, -0.1) is 0 Å². The predicted molar refractivity (Wildman–Crippen MR) is 106 cm³/mol. The van der Waals surface area contributed by atoms with E-state index in [1.165, 1.54) is 0 Å². The zero-order valence-corrected chi connectivity index (χ0v) is 16.1. The quantitative estimate of drug-likeness (QED) is 0.675. The monoisotopic (exact) mass is 385 g/mol. The van der Waals surface area contributed by atoms with Crippen LogP contribution in [0.5, 0.6) is 5.75 Å². The Balaban J connectivity index is 1.67. The fourth-order valence-electron chi connectivity index (χ4n) is 3.54. The van der Waals surface area contributed by atoms with Gasteiger partial charge in [0.05, 0.1) is 25.1 Å². The van der Waals surface area contributed by atoms with E-state index in [1.807, 2.05) is 19.1 Å². The highest BCUT2D eigenvalue weighted by Gasteiger charge is 2.40. The lowest BCUT2D eigenvalue weighted by atomic mass is 9.81. The summed E-state index contributed by atoms with van der Waals surface area (Å²) in [5.74, 6) is 1.09. The number of urea groups is 1. The number of para-hydroxylation sites is 2. The second-order valence-corrected chi connectivity index (χ2v) is 6.91. The van der Waals surface area contributed by atoms with Crippen molar-refractivity contribution in [2.75, 3.05) is 11.9 Å². The van der Waals surface area contributed by atoms with E-state index < -0.39 is 11.6 Å². The SMILES string of the molecule is CCOc1ccccc1NC(=O)NC1(C(=O)NCc2ccco2)CCCCC1. The Hall–Kier alpha value is -2.96. The zero-order chi connectivity index (χ0) is 19.8. The van der Waals surface area contributed by atoms with Gasteiger partial charge in [0.15, 0.2) is 0 Å². The topological polar surface area (TPSA) is 92.6 Å². The van der Waals surface area contributed by atoms with Gasteiger partial charge in [0, 0.05) is 0 Å². The first-order valence-corrected chi connectivity index (χ1v) is 9.74. The Kier molecular flexibility index (Phi) is 6.57. The van der Waals surface area contributed by atoms with Crippen molar-refractivity contribution in [1.29, 1.82) is 0 Å². The van der Waals surface area contributed by atoms with E-state index >= 15 is 0 Å². The second-order valence-electron chi connectivity index (χ2n) is 6.91. The van der Waals surface area contributed by atoms with Crippen molar-refractivity contribution in [3.63, 3.8) is 0 Å². The molecule has 0 spiro atoms. The first-order valence-electron chi connectivity index (χ1n) is 9.74. The summed E-state index contributed by atoms with van der Waals surface area (Å²) in [6.45, 7) is 2.68. The molecule has 3 rings (SSSR count). The summed E-state index contributed by atoms with van der Waals surface area (Å²) in [5.41, 5.74) is -0.348. The number of anilines is 1. The molecule has 2 aromatic rings. The molecule has 1 fully saturated rings. The molecule has 3 amide bonds. The molecule has 0 saturated heterocycles. The van der Waals surface area contributed by atoms with Gasteiger partial charge in [0.1, 0.15) is 17.0 Å². The van der Waals surface area contributed by atoms with Crippen molar-refractivity contribution in [2.45, 2.75) is 51.1 Å². The Morgan fingerprint density at radius 1 is 1.11 bits per heavy atom. The number of amides is 3. The average Bonchev–Trinajstić information content (AvgIpc) is 3.22. The molecule has 28 heavy (non-hydrogen) atoms. The van der Waals surface area contributed by atoms with E-state index in [2.05, 4.69) is 16.0 Å². The maximum absolute atomic E-state index is 13.0. The van der Waals surface area contributed by atoms with Crippen LogP contribution in [0.4, 0.5) is 10.5 Å². The molecule has 1 aromatic heterocycles. The fourth-order valence-corrected chi connectivity index (χ4v) is 3.54. The van der Waals surface area contributed by atoms with Crippen LogP contribution >= 0.6 is 0 Å². The fraction of sp³-hybridized carbons (Fsp3) is 0.429. The van der Waals surface area contributed by atoms with Gasteiger partial charge in [-0.3, -0.25) is 4.79 Å². The van der Waals surface area contributed by atoms with Crippen LogP contribution in [0.25, 0.3) is 0 Å². The molecule has 1 aliphatic rings. The molecule has 0 aliphatic heterocycles. The molecule has 1 aliphatic carbocycles. The molecule has 7 nitrogen and oxygen atoms in total. The van der Waals surface area contributed by atoms with Gasteiger partial charge in [-0.2, -0.15) is 0 Å². The molecular weight excluding hydrogens is 358 g/mol. The number of benzene rings is 1. The summed E-state index contributed by atoms with van der Waals surface area (Å²) in [7, 11) is 0. The molecule has 1 saturated carbocycles. The molecule has 0 bridgehead atoms. The third-order valence-corrected chi connectivity index (χ3v) is 4.93. The smallest absolute Gasteiger partial charge is 0.320 e. The van der Waals surface area contributed by atoms with Crippen LogP contribution in [0.3, 0.4) is 0 Å². The molecule has 0 atom stereocenters. The summed E-state index contributed by atoms with van der Waals surface area (Å²) >= 11 is 0. The van der Waals surface area contributed by atoms with Crippen LogP contribution in [0.2, 0.25) is 0 Å². The highest BCUT2D eigenvalue weighted by Crippen LogP contribution is 2.29. The van der Waals surface area contributed by atoms with Gasteiger partial charge in [0.25, 0.3) is 0 Å². The van der Waals surface area contributed by atoms with E-state index in [4.69, 9.17) is 9.15 Å². The third kappa shape index (κ3) is 4.85. The molecule has 1 aromatic carbocycles. The number of carbonyl (C=O) groups is 2. The zero-order valence-electron chi connectivity index (χ0n) is 16.1. The second kappa shape index (κ2) is 9.30. The minimum Gasteiger partial charge on any atom is -0.492 e. The molecule has 150 valence electrons. The lowest BCUT2D eigenvalue weighted by molar-refractivity contribution is -0.128. The van der Waals surface area contributed by atoms with Crippen LogP contribution in [0.15, 0.2) is 47.1 Å². The molecular formula is C21H27N3O4. The summed E-state index contributed by atoms with van der Waals surface area (Å²) < 4.78 is 10.8. The molecule has 1 heterocycles. The predicted octanol–water partition coefficient (Wildman–Crippen LogP) is 3.82. The van der Waals surface area contributed by atoms with E-state index in [9.17, 15) is 9.59 Å². The van der Waals surface area contributed by atoms with Crippen LogP contribution in [0, 0.1) is 0 Å². The molecule has 7 heteroatoms. The Bertz CT molecular complexity index is 783. The first kappa shape index (κ1) is 19.8. The number of furan rings is 1.